The summed E-state index contributed by atoms with van der Waals surface area (Å²) in [7, 11) is 0. The van der Waals surface area contributed by atoms with E-state index in [1.807, 2.05) is 6.92 Å². The van der Waals surface area contributed by atoms with E-state index in [2.05, 4.69) is 21.0 Å². The standard InChI is InChI=1S/C8H11BrN2O/c1-2-5-11-8(12)4-3-7(6-9)10-11/h3-4H,2,5-6H2,1H3. The van der Waals surface area contributed by atoms with Gasteiger partial charge in [0.15, 0.2) is 0 Å². The average Bonchev–Trinajstić information content (AvgIpc) is 2.09. The number of rotatable bonds is 3. The number of nitrogens with zero attached hydrogens (tertiary/aromatic N) is 2. The third kappa shape index (κ3) is 2.17. The minimum atomic E-state index is -0.0263. The molecule has 0 aliphatic rings. The predicted octanol–water partition coefficient (Wildman–Crippen LogP) is 1.55. The Hall–Kier alpha value is -0.640. The van der Waals surface area contributed by atoms with Gasteiger partial charge in [-0.1, -0.05) is 22.9 Å². The van der Waals surface area contributed by atoms with Gasteiger partial charge in [-0.2, -0.15) is 5.10 Å². The van der Waals surface area contributed by atoms with Gasteiger partial charge in [-0.3, -0.25) is 4.79 Å². The highest BCUT2D eigenvalue weighted by Gasteiger charge is 1.97. The van der Waals surface area contributed by atoms with Crippen molar-refractivity contribution in [3.63, 3.8) is 0 Å². The van der Waals surface area contributed by atoms with Crippen LogP contribution in [0.3, 0.4) is 0 Å². The zero-order valence-electron chi connectivity index (χ0n) is 6.96. The average molecular weight is 231 g/mol. The molecule has 4 heteroatoms. The number of aryl methyl sites for hydroxylation is 1. The van der Waals surface area contributed by atoms with Crippen LogP contribution in [-0.2, 0) is 11.9 Å². The highest BCUT2D eigenvalue weighted by molar-refractivity contribution is 9.08. The molecule has 1 aromatic heterocycles. The van der Waals surface area contributed by atoms with Crippen LogP contribution in [0.2, 0.25) is 0 Å². The molecule has 0 unspecified atom stereocenters. The van der Waals surface area contributed by atoms with E-state index in [9.17, 15) is 4.79 Å². The maximum atomic E-state index is 11.2. The minimum Gasteiger partial charge on any atom is -0.268 e. The third-order valence-corrected chi connectivity index (χ3v) is 2.07. The molecule has 0 aromatic carbocycles. The molecule has 1 aromatic rings. The summed E-state index contributed by atoms with van der Waals surface area (Å²) in [5.74, 6) is 0. The van der Waals surface area contributed by atoms with Gasteiger partial charge in [-0.05, 0) is 12.5 Å². The molecule has 0 bridgehead atoms. The van der Waals surface area contributed by atoms with E-state index in [1.165, 1.54) is 4.68 Å². The molecular formula is C8H11BrN2O. The molecule has 0 aliphatic carbocycles. The first-order chi connectivity index (χ1) is 5.77. The van der Waals surface area contributed by atoms with Crippen molar-refractivity contribution in [1.82, 2.24) is 9.78 Å². The monoisotopic (exact) mass is 230 g/mol. The summed E-state index contributed by atoms with van der Waals surface area (Å²) in [4.78, 5) is 11.2. The van der Waals surface area contributed by atoms with Crippen molar-refractivity contribution in [2.75, 3.05) is 0 Å². The lowest BCUT2D eigenvalue weighted by Gasteiger charge is -2.02. The van der Waals surface area contributed by atoms with Gasteiger partial charge in [-0.15, -0.1) is 0 Å². The van der Waals surface area contributed by atoms with Crippen LogP contribution in [0, 0.1) is 0 Å². The normalized spacial score (nSPS) is 10.2. The van der Waals surface area contributed by atoms with Crippen LogP contribution in [-0.4, -0.2) is 9.78 Å². The lowest BCUT2D eigenvalue weighted by molar-refractivity contribution is 0.560. The summed E-state index contributed by atoms with van der Waals surface area (Å²) in [5, 5.41) is 4.83. The van der Waals surface area contributed by atoms with Crippen LogP contribution in [0.25, 0.3) is 0 Å². The SMILES string of the molecule is CCCn1nc(CBr)ccc1=O. The second-order valence-electron chi connectivity index (χ2n) is 2.52. The van der Waals surface area contributed by atoms with Crippen molar-refractivity contribution in [2.24, 2.45) is 0 Å². The van der Waals surface area contributed by atoms with Gasteiger partial charge in [0.25, 0.3) is 5.56 Å². The second-order valence-corrected chi connectivity index (χ2v) is 3.08. The van der Waals surface area contributed by atoms with Gasteiger partial charge < -0.3 is 0 Å². The number of aromatic nitrogens is 2. The third-order valence-electron chi connectivity index (χ3n) is 1.49. The number of hydrogen-bond donors (Lipinski definition) is 0. The summed E-state index contributed by atoms with van der Waals surface area (Å²) in [6.45, 7) is 2.72. The van der Waals surface area contributed by atoms with E-state index >= 15 is 0 Å². The molecular weight excluding hydrogens is 220 g/mol. The van der Waals surface area contributed by atoms with Crippen molar-refractivity contribution < 1.29 is 0 Å². The van der Waals surface area contributed by atoms with Gasteiger partial charge in [0.2, 0.25) is 0 Å². The maximum absolute atomic E-state index is 11.2. The Labute approximate surface area is 79.5 Å². The molecule has 0 saturated carbocycles. The Morgan fingerprint density at radius 3 is 2.92 bits per heavy atom. The Kier molecular flexibility index (Phi) is 3.47. The summed E-state index contributed by atoms with van der Waals surface area (Å²) in [6, 6.07) is 3.29. The van der Waals surface area contributed by atoms with Crippen LogP contribution < -0.4 is 5.56 Å². The smallest absolute Gasteiger partial charge is 0.266 e. The fourth-order valence-corrected chi connectivity index (χ4v) is 1.23. The maximum Gasteiger partial charge on any atom is 0.266 e. The molecule has 3 nitrogen and oxygen atoms in total. The fourth-order valence-electron chi connectivity index (χ4n) is 0.934. The van der Waals surface area contributed by atoms with E-state index in [0.717, 1.165) is 12.1 Å². The van der Waals surface area contributed by atoms with Gasteiger partial charge in [0, 0.05) is 17.9 Å². The van der Waals surface area contributed by atoms with Crippen molar-refractivity contribution >= 4 is 15.9 Å². The van der Waals surface area contributed by atoms with E-state index < -0.39 is 0 Å². The largest absolute Gasteiger partial charge is 0.268 e. The van der Waals surface area contributed by atoms with E-state index in [-0.39, 0.29) is 5.56 Å². The first-order valence-corrected chi connectivity index (χ1v) is 5.03. The van der Waals surface area contributed by atoms with Crippen LogP contribution in [0.5, 0.6) is 0 Å². The molecule has 0 atom stereocenters. The first-order valence-electron chi connectivity index (χ1n) is 3.91. The Morgan fingerprint density at radius 1 is 1.58 bits per heavy atom. The zero-order chi connectivity index (χ0) is 8.97. The van der Waals surface area contributed by atoms with Crippen LogP contribution in [0.15, 0.2) is 16.9 Å². The number of halogens is 1. The van der Waals surface area contributed by atoms with Gasteiger partial charge in [-0.25, -0.2) is 4.68 Å². The highest BCUT2D eigenvalue weighted by Crippen LogP contribution is 1.97. The lowest BCUT2D eigenvalue weighted by Crippen LogP contribution is -2.22. The summed E-state index contributed by atoms with van der Waals surface area (Å²) < 4.78 is 1.50. The molecule has 0 aliphatic heterocycles. The number of alkyl halides is 1. The summed E-state index contributed by atoms with van der Waals surface area (Å²) >= 11 is 3.29. The molecule has 0 radical (unpaired) electrons. The lowest BCUT2D eigenvalue weighted by atomic mass is 10.4. The van der Waals surface area contributed by atoms with Crippen molar-refractivity contribution in [1.29, 1.82) is 0 Å². The van der Waals surface area contributed by atoms with Crippen LogP contribution in [0.4, 0.5) is 0 Å². The molecule has 1 rings (SSSR count). The van der Waals surface area contributed by atoms with E-state index in [0.29, 0.717) is 11.9 Å². The highest BCUT2D eigenvalue weighted by atomic mass is 79.9. The minimum absolute atomic E-state index is 0.0263. The fraction of sp³-hybridized carbons (Fsp3) is 0.500. The van der Waals surface area contributed by atoms with Crippen molar-refractivity contribution in [3.05, 3.63) is 28.2 Å². The van der Waals surface area contributed by atoms with Crippen LogP contribution in [0.1, 0.15) is 19.0 Å². The van der Waals surface area contributed by atoms with Gasteiger partial charge in [0.1, 0.15) is 0 Å². The Morgan fingerprint density at radius 2 is 2.33 bits per heavy atom. The second kappa shape index (κ2) is 4.40. The molecule has 66 valence electrons. The molecule has 0 spiro atoms. The molecule has 0 amide bonds. The zero-order valence-corrected chi connectivity index (χ0v) is 8.54. The molecule has 1 heterocycles. The Bertz CT molecular complexity index is 308. The topological polar surface area (TPSA) is 34.9 Å². The van der Waals surface area contributed by atoms with Crippen LogP contribution >= 0.6 is 15.9 Å². The van der Waals surface area contributed by atoms with Crippen molar-refractivity contribution in [2.45, 2.75) is 25.2 Å². The number of hydrogen-bond acceptors (Lipinski definition) is 2. The first kappa shape index (κ1) is 9.45. The summed E-state index contributed by atoms with van der Waals surface area (Å²) in [5.41, 5.74) is 0.865. The van der Waals surface area contributed by atoms with Gasteiger partial charge >= 0.3 is 0 Å². The molecule has 12 heavy (non-hydrogen) atoms. The van der Waals surface area contributed by atoms with E-state index in [1.54, 1.807) is 12.1 Å². The molecule has 0 fully saturated rings. The Balaban J connectivity index is 3.00. The van der Waals surface area contributed by atoms with Crippen molar-refractivity contribution in [3.8, 4) is 0 Å². The van der Waals surface area contributed by atoms with Gasteiger partial charge in [0.05, 0.1) is 5.69 Å². The molecule has 0 N–H and O–H groups in total. The van der Waals surface area contributed by atoms with E-state index in [4.69, 9.17) is 0 Å². The predicted molar refractivity (Wildman–Crippen MR) is 51.4 cm³/mol. The molecule has 0 saturated heterocycles. The summed E-state index contributed by atoms with van der Waals surface area (Å²) in [6.07, 6.45) is 0.929. The quantitative estimate of drug-likeness (QED) is 0.739.